The molecule has 0 bridgehead atoms. The van der Waals surface area contributed by atoms with Gasteiger partial charge in [0.2, 0.25) is 5.91 Å². The maximum atomic E-state index is 11.9. The van der Waals surface area contributed by atoms with Crippen molar-refractivity contribution in [2.75, 3.05) is 26.3 Å². The highest BCUT2D eigenvalue weighted by molar-refractivity contribution is 5.72. The molecule has 1 N–H and O–H groups in total. The minimum atomic E-state index is -2.09. The largest absolute Gasteiger partial charge is 0.594 e. The third-order valence-corrected chi connectivity index (χ3v) is 2.71. The molecule has 1 rings (SSSR count). The highest BCUT2D eigenvalue weighted by atomic mass is 16.7. The smallest absolute Gasteiger partial charge is 0.483 e. The van der Waals surface area contributed by atoms with Crippen LogP contribution in [0.25, 0.3) is 0 Å². The Morgan fingerprint density at radius 2 is 1.90 bits per heavy atom. The highest BCUT2D eigenvalue weighted by Crippen LogP contribution is 2.26. The number of amides is 1. The molecule has 1 heterocycles. The first-order valence-electron chi connectivity index (χ1n) is 6.01. The molecule has 10 heteroatoms. The molecule has 114 valence electrons. The first kappa shape index (κ1) is 16.2. The Kier molecular flexibility index (Phi) is 4.95. The summed E-state index contributed by atoms with van der Waals surface area (Å²) in [7, 11) is 0. The monoisotopic (exact) mass is 290 g/mol. The topological polar surface area (TPSA) is 129 Å². The molecule has 1 aliphatic rings. The van der Waals surface area contributed by atoms with Crippen LogP contribution in [-0.2, 0) is 14.3 Å². The SMILES string of the molecule is CC(=O)NCCN=[N+]([O-])C1([N+](=O)[O-])COC(C)(C)OC1. The molecule has 0 aliphatic carbocycles. The van der Waals surface area contributed by atoms with Crippen LogP contribution in [0.3, 0.4) is 0 Å². The number of hydroxylamine groups is 1. The number of carbonyl (C=O) groups excluding carboxylic acids is 1. The predicted molar refractivity (Wildman–Crippen MR) is 65.3 cm³/mol. The van der Waals surface area contributed by atoms with E-state index < -0.39 is 29.6 Å². The Morgan fingerprint density at radius 1 is 1.35 bits per heavy atom. The Labute approximate surface area is 115 Å². The summed E-state index contributed by atoms with van der Waals surface area (Å²) in [6.45, 7) is 3.70. The van der Waals surface area contributed by atoms with Crippen LogP contribution in [0.15, 0.2) is 5.11 Å². The third kappa shape index (κ3) is 3.84. The lowest BCUT2D eigenvalue weighted by Gasteiger charge is -2.34. The van der Waals surface area contributed by atoms with Gasteiger partial charge in [-0.3, -0.25) is 14.9 Å². The van der Waals surface area contributed by atoms with Crippen molar-refractivity contribution in [1.29, 1.82) is 0 Å². The van der Waals surface area contributed by atoms with E-state index in [0.29, 0.717) is 0 Å². The van der Waals surface area contributed by atoms with E-state index in [1.165, 1.54) is 6.92 Å². The first-order valence-corrected chi connectivity index (χ1v) is 6.01. The summed E-state index contributed by atoms with van der Waals surface area (Å²) in [6.07, 6.45) is 0. The molecule has 20 heavy (non-hydrogen) atoms. The zero-order valence-corrected chi connectivity index (χ0v) is 11.6. The molecule has 0 radical (unpaired) electrons. The van der Waals surface area contributed by atoms with Gasteiger partial charge in [-0.2, -0.15) is 0 Å². The molecule has 1 saturated heterocycles. The molecule has 0 spiro atoms. The van der Waals surface area contributed by atoms with Crippen molar-refractivity contribution in [2.45, 2.75) is 32.2 Å². The van der Waals surface area contributed by atoms with E-state index >= 15 is 0 Å². The van der Waals surface area contributed by atoms with E-state index in [1.807, 2.05) is 0 Å². The summed E-state index contributed by atoms with van der Waals surface area (Å²) in [6, 6.07) is 0. The molecule has 0 aromatic carbocycles. The Hall–Kier alpha value is -1.81. The van der Waals surface area contributed by atoms with E-state index in [4.69, 9.17) is 9.47 Å². The van der Waals surface area contributed by atoms with Crippen molar-refractivity contribution in [1.82, 2.24) is 5.32 Å². The van der Waals surface area contributed by atoms with Gasteiger partial charge < -0.3 is 20.0 Å². The summed E-state index contributed by atoms with van der Waals surface area (Å²) >= 11 is 0. The van der Waals surface area contributed by atoms with Gasteiger partial charge >= 0.3 is 5.66 Å². The zero-order chi connectivity index (χ0) is 15.4. The number of ether oxygens (including phenoxy) is 2. The number of nitrogens with zero attached hydrogens (tertiary/aromatic N) is 3. The van der Waals surface area contributed by atoms with Crippen LogP contribution in [0, 0.1) is 15.3 Å². The first-order chi connectivity index (χ1) is 9.19. The van der Waals surface area contributed by atoms with Crippen LogP contribution in [-0.4, -0.2) is 53.4 Å². The standard InChI is InChI=1S/C10H18N4O6/c1-8(15)11-4-5-12-13(16)10(14(17)18)6-19-9(2,3)20-7-10/h4-7H2,1-3H3,(H,11,15). The normalized spacial score (nSPS) is 21.2. The van der Waals surface area contributed by atoms with Gasteiger partial charge in [0, 0.05) is 13.5 Å². The number of carbonyl (C=O) groups is 1. The fraction of sp³-hybridized carbons (Fsp3) is 0.900. The van der Waals surface area contributed by atoms with Crippen molar-refractivity contribution in [3.05, 3.63) is 15.3 Å². The fourth-order valence-corrected chi connectivity index (χ4v) is 1.45. The molecule has 0 aromatic heterocycles. The molecule has 0 aromatic rings. The number of hydrogen-bond donors (Lipinski definition) is 1. The van der Waals surface area contributed by atoms with Crippen LogP contribution in [0.2, 0.25) is 0 Å². The lowest BCUT2D eigenvalue weighted by Crippen LogP contribution is -2.60. The Balaban J connectivity index is 2.73. The van der Waals surface area contributed by atoms with Gasteiger partial charge in [-0.1, -0.05) is 0 Å². The van der Waals surface area contributed by atoms with Crippen LogP contribution < -0.4 is 5.32 Å². The van der Waals surface area contributed by atoms with Gasteiger partial charge in [0.15, 0.2) is 19.0 Å². The number of hydrogen-bond acceptors (Lipinski definition) is 7. The molecule has 10 nitrogen and oxygen atoms in total. The van der Waals surface area contributed by atoms with E-state index in [1.54, 1.807) is 13.8 Å². The van der Waals surface area contributed by atoms with Crippen molar-refractivity contribution < 1.29 is 24.1 Å². The summed E-state index contributed by atoms with van der Waals surface area (Å²) in [4.78, 5) is 21.0. The van der Waals surface area contributed by atoms with Crippen molar-refractivity contribution >= 4 is 5.91 Å². The average Bonchev–Trinajstić information content (AvgIpc) is 2.34. The molecule has 1 fully saturated rings. The minimum Gasteiger partial charge on any atom is -0.594 e. The van der Waals surface area contributed by atoms with Crippen LogP contribution >= 0.6 is 0 Å². The van der Waals surface area contributed by atoms with E-state index in [2.05, 4.69) is 10.4 Å². The zero-order valence-electron chi connectivity index (χ0n) is 11.6. The molecule has 0 saturated carbocycles. The second kappa shape index (κ2) is 6.09. The van der Waals surface area contributed by atoms with Gasteiger partial charge in [0.05, 0.1) is 0 Å². The molecule has 1 amide bonds. The van der Waals surface area contributed by atoms with Crippen molar-refractivity contribution in [2.24, 2.45) is 5.11 Å². The van der Waals surface area contributed by atoms with Crippen molar-refractivity contribution in [3.63, 3.8) is 0 Å². The summed E-state index contributed by atoms with van der Waals surface area (Å²) < 4.78 is 10.3. The van der Waals surface area contributed by atoms with Gasteiger partial charge in [-0.05, 0) is 23.8 Å². The second-order valence-electron chi connectivity index (χ2n) is 4.84. The number of nitro groups is 1. The fourth-order valence-electron chi connectivity index (χ4n) is 1.45. The Morgan fingerprint density at radius 3 is 2.35 bits per heavy atom. The van der Waals surface area contributed by atoms with Crippen molar-refractivity contribution in [3.8, 4) is 0 Å². The molecule has 1 aliphatic heterocycles. The molecule has 0 atom stereocenters. The maximum absolute atomic E-state index is 11.9. The van der Waals surface area contributed by atoms with Crippen LogP contribution in [0.4, 0.5) is 0 Å². The minimum absolute atomic E-state index is 0.00986. The van der Waals surface area contributed by atoms with Gasteiger partial charge in [0.1, 0.15) is 11.5 Å². The lowest BCUT2D eigenvalue weighted by atomic mass is 10.2. The van der Waals surface area contributed by atoms with E-state index in [9.17, 15) is 20.1 Å². The van der Waals surface area contributed by atoms with Gasteiger partial charge in [0.25, 0.3) is 0 Å². The number of rotatable bonds is 5. The Bertz CT molecular complexity index is 412. The lowest BCUT2D eigenvalue weighted by molar-refractivity contribution is -0.827. The number of azo groups is 1. The highest BCUT2D eigenvalue weighted by Gasteiger charge is 2.59. The molecular formula is C10H18N4O6. The van der Waals surface area contributed by atoms with Crippen LogP contribution in [0.5, 0.6) is 0 Å². The number of nitrogens with one attached hydrogen (secondary N) is 1. The third-order valence-electron chi connectivity index (χ3n) is 2.71. The summed E-state index contributed by atoms with van der Waals surface area (Å²) in [5.74, 6) is -1.25. The summed E-state index contributed by atoms with van der Waals surface area (Å²) in [5, 5.41) is 28.9. The maximum Gasteiger partial charge on any atom is 0.483 e. The predicted octanol–water partition coefficient (Wildman–Crippen LogP) is -0.159. The van der Waals surface area contributed by atoms with Gasteiger partial charge in [-0.15, -0.1) is 0 Å². The average molecular weight is 290 g/mol. The molecular weight excluding hydrogens is 272 g/mol. The van der Waals surface area contributed by atoms with Gasteiger partial charge in [-0.25, -0.2) is 0 Å². The summed E-state index contributed by atoms with van der Waals surface area (Å²) in [5.41, 5.74) is -2.09. The van der Waals surface area contributed by atoms with Crippen LogP contribution in [0.1, 0.15) is 20.8 Å². The van der Waals surface area contributed by atoms with E-state index in [-0.39, 0.29) is 23.9 Å². The molecule has 0 unspecified atom stereocenters. The van der Waals surface area contributed by atoms with E-state index in [0.717, 1.165) is 0 Å². The second-order valence-corrected chi connectivity index (χ2v) is 4.84. The quantitative estimate of drug-likeness (QED) is 0.187.